The van der Waals surface area contributed by atoms with Gasteiger partial charge < -0.3 is 5.32 Å². The van der Waals surface area contributed by atoms with E-state index in [2.05, 4.69) is 10.4 Å². The lowest BCUT2D eigenvalue weighted by Gasteiger charge is -2.13. The molecule has 3 rings (SSSR count). The molecule has 0 atom stereocenters. The molecule has 1 aromatic carbocycles. The van der Waals surface area contributed by atoms with Gasteiger partial charge in [-0.3, -0.25) is 13.9 Å². The smallest absolute Gasteiger partial charge is 0.332 e. The molecule has 0 amide bonds. The Hall–Kier alpha value is -3.60. The number of anilines is 1. The minimum atomic E-state index is -0.596. The zero-order valence-electron chi connectivity index (χ0n) is 14.5. The summed E-state index contributed by atoms with van der Waals surface area (Å²) in [6, 6.07) is 11.7. The molecule has 8 nitrogen and oxygen atoms in total. The normalized spacial score (nSPS) is 10.5. The Morgan fingerprint density at radius 2 is 1.88 bits per heavy atom. The van der Waals surface area contributed by atoms with Crippen LogP contribution in [0.1, 0.15) is 11.1 Å². The number of nitrogens with one attached hydrogen (secondary N) is 1. The van der Waals surface area contributed by atoms with Gasteiger partial charge in [-0.2, -0.15) is 10.4 Å². The summed E-state index contributed by atoms with van der Waals surface area (Å²) < 4.78 is 3.98. The Bertz CT molecular complexity index is 1070. The third kappa shape index (κ3) is 3.15. The van der Waals surface area contributed by atoms with Crippen LogP contribution in [0.3, 0.4) is 0 Å². The van der Waals surface area contributed by atoms with Crippen LogP contribution in [-0.4, -0.2) is 25.5 Å². The van der Waals surface area contributed by atoms with Crippen molar-refractivity contribution >= 4 is 5.82 Å². The highest BCUT2D eigenvalue weighted by Crippen LogP contribution is 2.11. The second-order valence-corrected chi connectivity index (χ2v) is 5.84. The maximum atomic E-state index is 12.1. The van der Waals surface area contributed by atoms with Gasteiger partial charge >= 0.3 is 5.69 Å². The van der Waals surface area contributed by atoms with E-state index in [9.17, 15) is 14.9 Å². The van der Waals surface area contributed by atoms with Crippen LogP contribution in [0.4, 0.5) is 5.82 Å². The van der Waals surface area contributed by atoms with Gasteiger partial charge in [0.2, 0.25) is 0 Å². The molecular formula is C18H18N6O2. The average molecular weight is 350 g/mol. The van der Waals surface area contributed by atoms with Crippen molar-refractivity contribution in [3.8, 4) is 11.8 Å². The van der Waals surface area contributed by atoms with E-state index in [1.54, 1.807) is 10.9 Å². The predicted molar refractivity (Wildman–Crippen MR) is 97.4 cm³/mol. The van der Waals surface area contributed by atoms with Crippen LogP contribution < -0.4 is 16.6 Å². The van der Waals surface area contributed by atoms with Crippen LogP contribution in [0.5, 0.6) is 0 Å². The SMILES string of the molecule is Cn1c(NCCc2ccc(-n3cccn3)cc2)c(C#N)c(=O)n(C)c1=O. The molecule has 132 valence electrons. The first-order chi connectivity index (χ1) is 12.5. The summed E-state index contributed by atoms with van der Waals surface area (Å²) in [6.45, 7) is 0.482. The molecule has 0 fully saturated rings. The van der Waals surface area contributed by atoms with E-state index in [-0.39, 0.29) is 11.4 Å². The lowest BCUT2D eigenvalue weighted by molar-refractivity contribution is 0.685. The van der Waals surface area contributed by atoms with Crippen molar-refractivity contribution in [2.24, 2.45) is 14.1 Å². The maximum Gasteiger partial charge on any atom is 0.332 e. The Balaban J connectivity index is 1.74. The van der Waals surface area contributed by atoms with Gasteiger partial charge in [0, 0.05) is 33.0 Å². The topological polar surface area (TPSA) is 97.6 Å². The van der Waals surface area contributed by atoms with E-state index < -0.39 is 11.2 Å². The molecule has 0 bridgehead atoms. The molecule has 3 aromatic rings. The lowest BCUT2D eigenvalue weighted by Crippen LogP contribution is -2.40. The average Bonchev–Trinajstić information content (AvgIpc) is 3.19. The van der Waals surface area contributed by atoms with Crippen LogP contribution in [0, 0.1) is 11.3 Å². The fraction of sp³-hybridized carbons (Fsp3) is 0.222. The number of rotatable bonds is 5. The van der Waals surface area contributed by atoms with E-state index >= 15 is 0 Å². The van der Waals surface area contributed by atoms with Crippen LogP contribution >= 0.6 is 0 Å². The molecule has 8 heteroatoms. The van der Waals surface area contributed by atoms with Crippen molar-refractivity contribution in [1.29, 1.82) is 5.26 Å². The maximum absolute atomic E-state index is 12.1. The highest BCUT2D eigenvalue weighted by Gasteiger charge is 2.14. The number of nitrogens with zero attached hydrogens (tertiary/aromatic N) is 5. The summed E-state index contributed by atoms with van der Waals surface area (Å²) in [5.74, 6) is 0.244. The van der Waals surface area contributed by atoms with Crippen LogP contribution in [0.25, 0.3) is 5.69 Å². The monoisotopic (exact) mass is 350 g/mol. The van der Waals surface area contributed by atoms with Gasteiger partial charge in [-0.25, -0.2) is 9.48 Å². The first kappa shape index (κ1) is 17.2. The van der Waals surface area contributed by atoms with Crippen molar-refractivity contribution in [3.63, 3.8) is 0 Å². The largest absolute Gasteiger partial charge is 0.370 e. The van der Waals surface area contributed by atoms with Crippen LogP contribution in [0.2, 0.25) is 0 Å². The third-order valence-electron chi connectivity index (χ3n) is 4.19. The van der Waals surface area contributed by atoms with Gasteiger partial charge in [0.25, 0.3) is 5.56 Å². The van der Waals surface area contributed by atoms with Crippen molar-refractivity contribution in [2.45, 2.75) is 6.42 Å². The Labute approximate surface area is 149 Å². The van der Waals surface area contributed by atoms with E-state index in [1.165, 1.54) is 18.7 Å². The van der Waals surface area contributed by atoms with Gasteiger partial charge in [-0.1, -0.05) is 12.1 Å². The van der Waals surface area contributed by atoms with Crippen molar-refractivity contribution in [2.75, 3.05) is 11.9 Å². The number of hydrogen-bond donors (Lipinski definition) is 1. The second-order valence-electron chi connectivity index (χ2n) is 5.84. The van der Waals surface area contributed by atoms with E-state index in [0.717, 1.165) is 15.8 Å². The summed E-state index contributed by atoms with van der Waals surface area (Å²) in [4.78, 5) is 24.1. The molecule has 0 unspecified atom stereocenters. The third-order valence-corrected chi connectivity index (χ3v) is 4.19. The summed E-state index contributed by atoms with van der Waals surface area (Å²) in [7, 11) is 2.89. The van der Waals surface area contributed by atoms with Crippen molar-refractivity contribution in [3.05, 3.63) is 74.7 Å². The Kier molecular flexibility index (Phi) is 4.71. The molecule has 0 aliphatic rings. The summed E-state index contributed by atoms with van der Waals surface area (Å²) in [5, 5.41) is 16.5. The van der Waals surface area contributed by atoms with Crippen LogP contribution in [-0.2, 0) is 20.5 Å². The standard InChI is InChI=1S/C18H18N6O2/c1-22-16(15(12-19)17(25)23(2)18(22)26)20-10-8-13-4-6-14(7-5-13)24-11-3-9-21-24/h3-7,9,11,20H,8,10H2,1-2H3. The summed E-state index contributed by atoms with van der Waals surface area (Å²) in [6.07, 6.45) is 4.27. The first-order valence-corrected chi connectivity index (χ1v) is 8.06. The van der Waals surface area contributed by atoms with Gasteiger partial charge in [0.15, 0.2) is 5.56 Å². The lowest BCUT2D eigenvalue weighted by atomic mass is 10.1. The molecule has 2 aromatic heterocycles. The number of aromatic nitrogens is 4. The fourth-order valence-electron chi connectivity index (χ4n) is 2.71. The molecule has 2 heterocycles. The fourth-order valence-corrected chi connectivity index (χ4v) is 2.71. The minimum absolute atomic E-state index is 0.0661. The quantitative estimate of drug-likeness (QED) is 0.734. The molecule has 1 N–H and O–H groups in total. The molecule has 0 radical (unpaired) electrons. The molecule has 0 saturated carbocycles. The van der Waals surface area contributed by atoms with Gasteiger partial charge in [-0.15, -0.1) is 0 Å². The predicted octanol–water partition coefficient (Wildman–Crippen LogP) is 0.796. The number of benzene rings is 1. The Morgan fingerprint density at radius 1 is 1.15 bits per heavy atom. The van der Waals surface area contributed by atoms with Crippen molar-refractivity contribution < 1.29 is 0 Å². The molecule has 26 heavy (non-hydrogen) atoms. The zero-order chi connectivity index (χ0) is 18.7. The summed E-state index contributed by atoms with van der Waals surface area (Å²) in [5.41, 5.74) is 0.915. The molecule has 0 saturated heterocycles. The first-order valence-electron chi connectivity index (χ1n) is 8.06. The summed E-state index contributed by atoms with van der Waals surface area (Å²) >= 11 is 0. The molecule has 0 aliphatic heterocycles. The van der Waals surface area contributed by atoms with Gasteiger partial charge in [0.1, 0.15) is 11.9 Å². The highest BCUT2D eigenvalue weighted by atomic mass is 16.2. The molecule has 0 spiro atoms. The van der Waals surface area contributed by atoms with Gasteiger partial charge in [0.05, 0.1) is 5.69 Å². The number of hydrogen-bond acceptors (Lipinski definition) is 5. The van der Waals surface area contributed by atoms with E-state index in [0.29, 0.717) is 13.0 Å². The second kappa shape index (κ2) is 7.11. The highest BCUT2D eigenvalue weighted by molar-refractivity contribution is 5.51. The molecular weight excluding hydrogens is 332 g/mol. The van der Waals surface area contributed by atoms with Crippen molar-refractivity contribution in [1.82, 2.24) is 18.9 Å². The Morgan fingerprint density at radius 3 is 2.50 bits per heavy atom. The van der Waals surface area contributed by atoms with Crippen LogP contribution in [0.15, 0.2) is 52.3 Å². The minimum Gasteiger partial charge on any atom is -0.370 e. The van der Waals surface area contributed by atoms with Gasteiger partial charge in [-0.05, 0) is 30.2 Å². The number of nitriles is 1. The van der Waals surface area contributed by atoms with E-state index in [1.807, 2.05) is 42.6 Å². The van der Waals surface area contributed by atoms with E-state index in [4.69, 9.17) is 0 Å². The zero-order valence-corrected chi connectivity index (χ0v) is 14.5. The molecule has 0 aliphatic carbocycles.